The molecule has 178 valence electrons. The van der Waals surface area contributed by atoms with Crippen LogP contribution in [0.1, 0.15) is 5.56 Å². The molecular formula is C28H23N5O2S. The van der Waals surface area contributed by atoms with Crippen LogP contribution in [0.4, 0.5) is 5.69 Å². The van der Waals surface area contributed by atoms with Crippen molar-refractivity contribution in [2.75, 3.05) is 11.1 Å². The number of benzene rings is 3. The zero-order valence-electron chi connectivity index (χ0n) is 19.3. The summed E-state index contributed by atoms with van der Waals surface area (Å²) in [6.07, 6.45) is 3.49. The smallest absolute Gasteiger partial charge is 0.234 e. The lowest BCUT2D eigenvalue weighted by molar-refractivity contribution is -0.113. The molecule has 0 aliphatic heterocycles. The standard InChI is InChI=1S/C28H23N5O2S/c34-26(30-23-12-7-15-25(17-23)35-19-21-9-8-16-29-18-21)20-36-28-32-31-27(22-10-3-1-4-11-22)33(28)24-13-5-2-6-14-24/h1-18H,19-20H2,(H,30,34). The number of carbonyl (C=O) groups excluding carboxylic acids is 1. The number of anilines is 1. The Kier molecular flexibility index (Phi) is 7.34. The Balaban J connectivity index is 1.26. The van der Waals surface area contributed by atoms with Crippen molar-refractivity contribution in [2.24, 2.45) is 0 Å². The summed E-state index contributed by atoms with van der Waals surface area (Å²) in [7, 11) is 0. The number of rotatable bonds is 9. The van der Waals surface area contributed by atoms with E-state index in [0.29, 0.717) is 23.2 Å². The summed E-state index contributed by atoms with van der Waals surface area (Å²) in [5.74, 6) is 1.43. The van der Waals surface area contributed by atoms with E-state index in [0.717, 1.165) is 22.6 Å². The summed E-state index contributed by atoms with van der Waals surface area (Å²) in [6.45, 7) is 0.403. The van der Waals surface area contributed by atoms with E-state index in [1.54, 1.807) is 18.5 Å². The first-order valence-electron chi connectivity index (χ1n) is 11.4. The van der Waals surface area contributed by atoms with Crippen LogP contribution in [-0.4, -0.2) is 31.4 Å². The van der Waals surface area contributed by atoms with E-state index in [9.17, 15) is 4.79 Å². The predicted octanol–water partition coefficient (Wildman–Crippen LogP) is 5.64. The first kappa shape index (κ1) is 23.3. The molecule has 5 aromatic rings. The zero-order chi connectivity index (χ0) is 24.6. The van der Waals surface area contributed by atoms with Gasteiger partial charge in [0.05, 0.1) is 5.75 Å². The molecule has 36 heavy (non-hydrogen) atoms. The van der Waals surface area contributed by atoms with E-state index >= 15 is 0 Å². The van der Waals surface area contributed by atoms with Crippen molar-refractivity contribution in [3.8, 4) is 22.8 Å². The third-order valence-corrected chi connectivity index (χ3v) is 6.19. The minimum atomic E-state index is -0.145. The van der Waals surface area contributed by atoms with E-state index in [1.165, 1.54) is 11.8 Å². The molecule has 0 atom stereocenters. The monoisotopic (exact) mass is 493 g/mol. The van der Waals surface area contributed by atoms with Crippen LogP contribution in [0.3, 0.4) is 0 Å². The van der Waals surface area contributed by atoms with Gasteiger partial charge in [0.25, 0.3) is 0 Å². The number of pyridine rings is 1. The molecule has 0 aliphatic rings. The normalized spacial score (nSPS) is 10.7. The Labute approximate surface area is 213 Å². The Morgan fingerprint density at radius 1 is 0.889 bits per heavy atom. The van der Waals surface area contributed by atoms with Crippen molar-refractivity contribution in [1.29, 1.82) is 0 Å². The maximum Gasteiger partial charge on any atom is 0.234 e. The fourth-order valence-electron chi connectivity index (χ4n) is 3.59. The lowest BCUT2D eigenvalue weighted by Crippen LogP contribution is -2.14. The predicted molar refractivity (Wildman–Crippen MR) is 141 cm³/mol. The lowest BCUT2D eigenvalue weighted by atomic mass is 10.2. The van der Waals surface area contributed by atoms with Gasteiger partial charge in [-0.2, -0.15) is 0 Å². The average molecular weight is 494 g/mol. The molecule has 0 saturated heterocycles. The van der Waals surface area contributed by atoms with Gasteiger partial charge in [-0.1, -0.05) is 72.4 Å². The van der Waals surface area contributed by atoms with Crippen LogP contribution in [0.2, 0.25) is 0 Å². The number of nitrogens with one attached hydrogen (secondary N) is 1. The maximum atomic E-state index is 12.8. The SMILES string of the molecule is O=C(CSc1nnc(-c2ccccc2)n1-c1ccccc1)Nc1cccc(OCc2cccnc2)c1. The summed E-state index contributed by atoms with van der Waals surface area (Å²) >= 11 is 1.34. The molecule has 0 bridgehead atoms. The number of hydrogen-bond acceptors (Lipinski definition) is 6. The lowest BCUT2D eigenvalue weighted by Gasteiger charge is -2.11. The Morgan fingerprint density at radius 3 is 2.47 bits per heavy atom. The van der Waals surface area contributed by atoms with Crippen molar-refractivity contribution >= 4 is 23.4 Å². The highest BCUT2D eigenvalue weighted by Crippen LogP contribution is 2.28. The second-order valence-corrected chi connectivity index (χ2v) is 8.80. The average Bonchev–Trinajstić information content (AvgIpc) is 3.37. The third kappa shape index (κ3) is 5.79. The van der Waals surface area contributed by atoms with Crippen molar-refractivity contribution < 1.29 is 9.53 Å². The number of hydrogen-bond donors (Lipinski definition) is 1. The van der Waals surface area contributed by atoms with E-state index in [-0.39, 0.29) is 11.7 Å². The number of para-hydroxylation sites is 1. The molecular weight excluding hydrogens is 470 g/mol. The van der Waals surface area contributed by atoms with E-state index in [1.807, 2.05) is 95.6 Å². The van der Waals surface area contributed by atoms with Crippen molar-refractivity contribution in [3.63, 3.8) is 0 Å². The number of carbonyl (C=O) groups is 1. The molecule has 0 unspecified atom stereocenters. The molecule has 3 aromatic carbocycles. The van der Waals surface area contributed by atoms with Crippen LogP contribution in [0, 0.1) is 0 Å². The quantitative estimate of drug-likeness (QED) is 0.268. The van der Waals surface area contributed by atoms with Gasteiger partial charge >= 0.3 is 0 Å². The number of amides is 1. The van der Waals surface area contributed by atoms with E-state index < -0.39 is 0 Å². The molecule has 0 radical (unpaired) electrons. The van der Waals surface area contributed by atoms with Crippen molar-refractivity contribution in [2.45, 2.75) is 11.8 Å². The molecule has 7 nitrogen and oxygen atoms in total. The molecule has 2 aromatic heterocycles. The Bertz CT molecular complexity index is 1430. The number of nitrogens with zero attached hydrogens (tertiary/aromatic N) is 4. The van der Waals surface area contributed by atoms with Crippen LogP contribution in [0.5, 0.6) is 5.75 Å². The Morgan fingerprint density at radius 2 is 1.69 bits per heavy atom. The largest absolute Gasteiger partial charge is 0.489 e. The molecule has 5 rings (SSSR count). The molecule has 0 aliphatic carbocycles. The molecule has 0 fully saturated rings. The molecule has 1 N–H and O–H groups in total. The van der Waals surface area contributed by atoms with Gasteiger partial charge in [-0.15, -0.1) is 10.2 Å². The van der Waals surface area contributed by atoms with E-state index in [2.05, 4.69) is 20.5 Å². The van der Waals surface area contributed by atoms with Gasteiger partial charge in [-0.05, 0) is 30.3 Å². The summed E-state index contributed by atoms with van der Waals surface area (Å²) in [6, 6.07) is 30.9. The first-order valence-corrected chi connectivity index (χ1v) is 12.4. The number of aromatic nitrogens is 4. The second-order valence-electron chi connectivity index (χ2n) is 7.86. The fraction of sp³-hybridized carbons (Fsp3) is 0.0714. The van der Waals surface area contributed by atoms with Gasteiger partial charge in [0.2, 0.25) is 5.91 Å². The molecule has 2 heterocycles. The topological polar surface area (TPSA) is 81.9 Å². The second kappa shape index (κ2) is 11.3. The first-order chi connectivity index (χ1) is 17.8. The van der Waals surface area contributed by atoms with E-state index in [4.69, 9.17) is 4.74 Å². The minimum absolute atomic E-state index is 0.145. The summed E-state index contributed by atoms with van der Waals surface area (Å²) in [5.41, 5.74) is 3.52. The van der Waals surface area contributed by atoms with Crippen LogP contribution in [-0.2, 0) is 11.4 Å². The minimum Gasteiger partial charge on any atom is -0.489 e. The highest BCUT2D eigenvalue weighted by Gasteiger charge is 2.17. The number of ether oxygens (including phenoxy) is 1. The van der Waals surface area contributed by atoms with Gasteiger partial charge in [-0.25, -0.2) is 0 Å². The zero-order valence-corrected chi connectivity index (χ0v) is 20.1. The highest BCUT2D eigenvalue weighted by molar-refractivity contribution is 7.99. The van der Waals surface area contributed by atoms with Crippen molar-refractivity contribution in [3.05, 3.63) is 115 Å². The molecule has 0 saturated carbocycles. The molecule has 1 amide bonds. The van der Waals surface area contributed by atoms with Gasteiger partial charge in [0.1, 0.15) is 12.4 Å². The van der Waals surface area contributed by atoms with Crippen LogP contribution >= 0.6 is 11.8 Å². The summed E-state index contributed by atoms with van der Waals surface area (Å²) < 4.78 is 7.81. The fourth-order valence-corrected chi connectivity index (χ4v) is 4.34. The highest BCUT2D eigenvalue weighted by atomic mass is 32.2. The van der Waals surface area contributed by atoms with Gasteiger partial charge in [0.15, 0.2) is 11.0 Å². The third-order valence-electron chi connectivity index (χ3n) is 5.26. The van der Waals surface area contributed by atoms with Gasteiger partial charge < -0.3 is 10.1 Å². The van der Waals surface area contributed by atoms with Crippen LogP contribution in [0.15, 0.2) is 115 Å². The number of thioether (sulfide) groups is 1. The van der Waals surface area contributed by atoms with Crippen LogP contribution in [0.25, 0.3) is 17.1 Å². The van der Waals surface area contributed by atoms with Gasteiger partial charge in [-0.3, -0.25) is 14.3 Å². The molecule has 0 spiro atoms. The van der Waals surface area contributed by atoms with Crippen LogP contribution < -0.4 is 10.1 Å². The van der Waals surface area contributed by atoms with Crippen molar-refractivity contribution in [1.82, 2.24) is 19.7 Å². The van der Waals surface area contributed by atoms with Gasteiger partial charge in [0, 0.05) is 41.0 Å². The Hall–Kier alpha value is -4.43. The molecule has 8 heteroatoms. The summed E-state index contributed by atoms with van der Waals surface area (Å²) in [4.78, 5) is 16.9. The summed E-state index contributed by atoms with van der Waals surface area (Å²) in [5, 5.41) is 12.4. The maximum absolute atomic E-state index is 12.8.